The van der Waals surface area contributed by atoms with Gasteiger partial charge in [-0.25, -0.2) is 0 Å². The molecule has 1 aliphatic rings. The van der Waals surface area contributed by atoms with Gasteiger partial charge in [0.25, 0.3) is 0 Å². The van der Waals surface area contributed by atoms with Crippen LogP contribution >= 0.6 is 15.9 Å². The minimum atomic E-state index is 0.327. The molecule has 13 heavy (non-hydrogen) atoms. The Morgan fingerprint density at radius 1 is 1.62 bits per heavy atom. The molecule has 0 spiro atoms. The lowest BCUT2D eigenvalue weighted by molar-refractivity contribution is 0.158. The molecule has 0 radical (unpaired) electrons. The van der Waals surface area contributed by atoms with Gasteiger partial charge in [-0.05, 0) is 31.7 Å². The van der Waals surface area contributed by atoms with Crippen molar-refractivity contribution < 1.29 is 5.11 Å². The maximum Gasteiger partial charge on any atom is 0.0434 e. The minimum absolute atomic E-state index is 0.327. The van der Waals surface area contributed by atoms with Gasteiger partial charge in [0.1, 0.15) is 0 Å². The minimum Gasteiger partial charge on any atom is -0.396 e. The van der Waals surface area contributed by atoms with Crippen molar-refractivity contribution in [1.29, 1.82) is 0 Å². The van der Waals surface area contributed by atoms with Gasteiger partial charge >= 0.3 is 0 Å². The molecule has 1 unspecified atom stereocenters. The third-order valence-electron chi connectivity index (χ3n) is 2.54. The molecule has 1 saturated heterocycles. The van der Waals surface area contributed by atoms with Crippen LogP contribution in [0.4, 0.5) is 0 Å². The lowest BCUT2D eigenvalue weighted by Crippen LogP contribution is -2.36. The van der Waals surface area contributed by atoms with Crippen LogP contribution in [-0.2, 0) is 0 Å². The maximum atomic E-state index is 8.84. The zero-order valence-corrected chi connectivity index (χ0v) is 9.59. The van der Waals surface area contributed by atoms with Gasteiger partial charge in [-0.15, -0.1) is 0 Å². The second-order valence-corrected chi connectivity index (χ2v) is 4.89. The fraction of sp³-hybridized carbons (Fsp3) is 0.800. The summed E-state index contributed by atoms with van der Waals surface area (Å²) in [6.45, 7) is 7.41. The summed E-state index contributed by atoms with van der Waals surface area (Å²) < 4.78 is 1.05. The highest BCUT2D eigenvalue weighted by Gasteiger charge is 2.18. The van der Waals surface area contributed by atoms with Crippen molar-refractivity contribution in [3.8, 4) is 0 Å². The van der Waals surface area contributed by atoms with Gasteiger partial charge in [0, 0.05) is 24.2 Å². The standard InChI is InChI=1S/C10H18BrNO/c1-9(11)7-12-5-2-3-10(8-12)4-6-13/h10,13H,1-8H2. The number of halogens is 1. The summed E-state index contributed by atoms with van der Waals surface area (Å²) in [6.07, 6.45) is 3.47. The summed E-state index contributed by atoms with van der Waals surface area (Å²) in [4.78, 5) is 2.40. The SMILES string of the molecule is C=C(Br)CN1CCCC(CCO)C1. The second-order valence-electron chi connectivity index (χ2n) is 3.77. The number of aliphatic hydroxyl groups excluding tert-OH is 1. The molecule has 0 aromatic heterocycles. The van der Waals surface area contributed by atoms with Gasteiger partial charge in [-0.1, -0.05) is 22.5 Å². The van der Waals surface area contributed by atoms with Gasteiger partial charge in [0.2, 0.25) is 0 Å². The van der Waals surface area contributed by atoms with Gasteiger partial charge in [-0.3, -0.25) is 4.90 Å². The quantitative estimate of drug-likeness (QED) is 0.822. The summed E-state index contributed by atoms with van der Waals surface area (Å²) in [7, 11) is 0. The monoisotopic (exact) mass is 247 g/mol. The average molecular weight is 248 g/mol. The molecule has 76 valence electrons. The van der Waals surface area contributed by atoms with Crippen LogP contribution in [-0.4, -0.2) is 36.2 Å². The van der Waals surface area contributed by atoms with Crippen molar-refractivity contribution in [3.05, 3.63) is 11.1 Å². The molecular formula is C10H18BrNO. The number of nitrogens with zero attached hydrogens (tertiary/aromatic N) is 1. The zero-order valence-electron chi connectivity index (χ0n) is 8.01. The van der Waals surface area contributed by atoms with E-state index in [1.54, 1.807) is 0 Å². The highest BCUT2D eigenvalue weighted by molar-refractivity contribution is 9.11. The Morgan fingerprint density at radius 3 is 3.00 bits per heavy atom. The van der Waals surface area contributed by atoms with E-state index in [0.717, 1.165) is 24.0 Å². The summed E-state index contributed by atoms with van der Waals surface area (Å²) in [5.41, 5.74) is 0. The Bertz CT molecular complexity index is 170. The second kappa shape index (κ2) is 5.78. The lowest BCUT2D eigenvalue weighted by atomic mass is 9.95. The van der Waals surface area contributed by atoms with Crippen molar-refractivity contribution in [2.24, 2.45) is 5.92 Å². The number of piperidine rings is 1. The van der Waals surface area contributed by atoms with Crippen LogP contribution in [0.3, 0.4) is 0 Å². The Balaban J connectivity index is 2.28. The summed E-state index contributed by atoms with van der Waals surface area (Å²) in [5, 5.41) is 8.84. The Labute approximate surface area is 88.7 Å². The molecular weight excluding hydrogens is 230 g/mol. The fourth-order valence-corrected chi connectivity index (χ4v) is 2.31. The Hall–Kier alpha value is 0.140. The van der Waals surface area contributed by atoms with Crippen molar-refractivity contribution in [1.82, 2.24) is 4.90 Å². The first-order chi connectivity index (χ1) is 6.22. The molecule has 1 rings (SSSR count). The van der Waals surface area contributed by atoms with Crippen molar-refractivity contribution in [3.63, 3.8) is 0 Å². The number of aliphatic hydroxyl groups is 1. The molecule has 0 aliphatic carbocycles. The van der Waals surface area contributed by atoms with Crippen LogP contribution in [0, 0.1) is 5.92 Å². The molecule has 1 heterocycles. The smallest absolute Gasteiger partial charge is 0.0434 e. The zero-order chi connectivity index (χ0) is 9.68. The molecule has 0 saturated carbocycles. The van der Waals surface area contributed by atoms with Crippen LogP contribution in [0.15, 0.2) is 11.1 Å². The third-order valence-corrected chi connectivity index (χ3v) is 2.79. The van der Waals surface area contributed by atoms with E-state index in [4.69, 9.17) is 5.11 Å². The molecule has 0 bridgehead atoms. The van der Waals surface area contributed by atoms with Gasteiger partial charge < -0.3 is 5.11 Å². The molecule has 0 aromatic rings. The Kier molecular flexibility index (Phi) is 4.99. The van der Waals surface area contributed by atoms with E-state index in [-0.39, 0.29) is 0 Å². The molecule has 1 fully saturated rings. The molecule has 1 N–H and O–H groups in total. The third kappa shape index (κ3) is 4.25. The topological polar surface area (TPSA) is 23.5 Å². The number of rotatable bonds is 4. The van der Waals surface area contributed by atoms with E-state index in [9.17, 15) is 0 Å². The van der Waals surface area contributed by atoms with Gasteiger partial charge in [0.15, 0.2) is 0 Å². The number of hydrogen-bond donors (Lipinski definition) is 1. The highest BCUT2D eigenvalue weighted by atomic mass is 79.9. The van der Waals surface area contributed by atoms with Crippen molar-refractivity contribution in [2.45, 2.75) is 19.3 Å². The van der Waals surface area contributed by atoms with E-state index in [0.29, 0.717) is 12.5 Å². The van der Waals surface area contributed by atoms with E-state index in [1.165, 1.54) is 19.4 Å². The van der Waals surface area contributed by atoms with Crippen molar-refractivity contribution in [2.75, 3.05) is 26.2 Å². The number of likely N-dealkylation sites (tertiary alicyclic amines) is 1. The lowest BCUT2D eigenvalue weighted by Gasteiger charge is -2.32. The molecule has 0 amide bonds. The first-order valence-corrected chi connectivity index (χ1v) is 5.68. The van der Waals surface area contributed by atoms with Crippen molar-refractivity contribution >= 4 is 15.9 Å². The molecule has 2 nitrogen and oxygen atoms in total. The highest BCUT2D eigenvalue weighted by Crippen LogP contribution is 2.20. The van der Waals surface area contributed by atoms with E-state index in [2.05, 4.69) is 27.4 Å². The van der Waals surface area contributed by atoms with Gasteiger partial charge in [-0.2, -0.15) is 0 Å². The first kappa shape index (κ1) is 11.2. The maximum absolute atomic E-state index is 8.84. The molecule has 1 aliphatic heterocycles. The fourth-order valence-electron chi connectivity index (χ4n) is 1.96. The van der Waals surface area contributed by atoms with Crippen LogP contribution < -0.4 is 0 Å². The molecule has 0 aromatic carbocycles. The molecule has 3 heteroatoms. The Morgan fingerprint density at radius 2 is 2.38 bits per heavy atom. The van der Waals surface area contributed by atoms with Crippen LogP contribution in [0.5, 0.6) is 0 Å². The van der Waals surface area contributed by atoms with Crippen LogP contribution in [0.2, 0.25) is 0 Å². The summed E-state index contributed by atoms with van der Waals surface area (Å²) in [6, 6.07) is 0. The number of hydrogen-bond acceptors (Lipinski definition) is 2. The van der Waals surface area contributed by atoms with E-state index in [1.807, 2.05) is 0 Å². The van der Waals surface area contributed by atoms with E-state index >= 15 is 0 Å². The van der Waals surface area contributed by atoms with Gasteiger partial charge in [0.05, 0.1) is 0 Å². The predicted molar refractivity (Wildman–Crippen MR) is 58.9 cm³/mol. The normalized spacial score (nSPS) is 24.6. The van der Waals surface area contributed by atoms with Crippen LogP contribution in [0.25, 0.3) is 0 Å². The van der Waals surface area contributed by atoms with E-state index < -0.39 is 0 Å². The average Bonchev–Trinajstić information content (AvgIpc) is 2.04. The largest absolute Gasteiger partial charge is 0.396 e. The summed E-state index contributed by atoms with van der Waals surface area (Å²) in [5.74, 6) is 0.686. The summed E-state index contributed by atoms with van der Waals surface area (Å²) >= 11 is 3.38. The predicted octanol–water partition coefficient (Wildman–Crippen LogP) is 1.99. The first-order valence-electron chi connectivity index (χ1n) is 4.89. The van der Waals surface area contributed by atoms with Crippen LogP contribution in [0.1, 0.15) is 19.3 Å². The molecule has 1 atom stereocenters.